The van der Waals surface area contributed by atoms with Crippen molar-refractivity contribution in [3.05, 3.63) is 52.7 Å². The SMILES string of the molecule is O=C(NCc1cccs1)N1CCC[C@H]1CS(=O)(=O)c1ccccc1. The normalized spacial score (nSPS) is 17.8. The van der Waals surface area contributed by atoms with Crippen LogP contribution in [0, 0.1) is 0 Å². The number of amides is 2. The summed E-state index contributed by atoms with van der Waals surface area (Å²) in [7, 11) is -3.39. The molecule has 1 aromatic carbocycles. The van der Waals surface area contributed by atoms with Crippen LogP contribution in [0.3, 0.4) is 0 Å². The number of benzene rings is 1. The molecule has 0 saturated carbocycles. The third-order valence-corrected chi connectivity index (χ3v) is 6.84. The van der Waals surface area contributed by atoms with Gasteiger partial charge in [-0.2, -0.15) is 0 Å². The third kappa shape index (κ3) is 3.96. The summed E-state index contributed by atoms with van der Waals surface area (Å²) in [6, 6.07) is 11.9. The van der Waals surface area contributed by atoms with Crippen LogP contribution in [0.25, 0.3) is 0 Å². The van der Waals surface area contributed by atoms with Crippen LogP contribution in [0.1, 0.15) is 17.7 Å². The summed E-state index contributed by atoms with van der Waals surface area (Å²) in [5.41, 5.74) is 0. The first kappa shape index (κ1) is 17.0. The molecule has 1 aliphatic heterocycles. The summed E-state index contributed by atoms with van der Waals surface area (Å²) in [5, 5.41) is 4.85. The Morgan fingerprint density at radius 1 is 1.21 bits per heavy atom. The lowest BCUT2D eigenvalue weighted by molar-refractivity contribution is 0.196. The van der Waals surface area contributed by atoms with Crippen LogP contribution < -0.4 is 5.32 Å². The monoisotopic (exact) mass is 364 g/mol. The summed E-state index contributed by atoms with van der Waals surface area (Å²) < 4.78 is 25.1. The van der Waals surface area contributed by atoms with Crippen LogP contribution in [-0.4, -0.2) is 37.7 Å². The molecule has 0 aliphatic carbocycles. The second-order valence-corrected chi connectivity index (χ2v) is 8.89. The zero-order chi connectivity index (χ0) is 17.0. The molecular weight excluding hydrogens is 344 g/mol. The molecule has 1 fully saturated rings. The standard InChI is InChI=1S/C17H20N2O3S2/c20-17(18-12-15-7-5-11-23-15)19-10-4-6-14(19)13-24(21,22)16-8-2-1-3-9-16/h1-3,5,7-9,11,14H,4,6,10,12-13H2,(H,18,20)/t14-/m0/s1. The molecule has 0 bridgehead atoms. The average molecular weight is 364 g/mol. The molecule has 0 unspecified atom stereocenters. The van der Waals surface area contributed by atoms with E-state index in [1.54, 1.807) is 46.6 Å². The fraction of sp³-hybridized carbons (Fsp3) is 0.353. The molecule has 2 amide bonds. The minimum atomic E-state index is -3.39. The molecule has 1 aromatic heterocycles. The van der Waals surface area contributed by atoms with E-state index in [2.05, 4.69) is 5.32 Å². The van der Waals surface area contributed by atoms with Gasteiger partial charge in [0.2, 0.25) is 0 Å². The number of nitrogens with zero attached hydrogens (tertiary/aromatic N) is 1. The van der Waals surface area contributed by atoms with Crippen molar-refractivity contribution in [2.24, 2.45) is 0 Å². The van der Waals surface area contributed by atoms with Crippen molar-refractivity contribution >= 4 is 27.2 Å². The number of carbonyl (C=O) groups excluding carboxylic acids is 1. The largest absolute Gasteiger partial charge is 0.333 e. The van der Waals surface area contributed by atoms with E-state index in [9.17, 15) is 13.2 Å². The minimum absolute atomic E-state index is 0.0244. The molecule has 2 heterocycles. The zero-order valence-electron chi connectivity index (χ0n) is 13.2. The topological polar surface area (TPSA) is 66.5 Å². The Kier molecular flexibility index (Phi) is 5.20. The van der Waals surface area contributed by atoms with E-state index in [-0.39, 0.29) is 17.8 Å². The van der Waals surface area contributed by atoms with E-state index < -0.39 is 9.84 Å². The Hall–Kier alpha value is -1.86. The Morgan fingerprint density at radius 2 is 2.00 bits per heavy atom. The molecule has 3 rings (SSSR count). The molecule has 128 valence electrons. The third-order valence-electron chi connectivity index (χ3n) is 4.15. The first-order valence-corrected chi connectivity index (χ1v) is 10.4. The maximum Gasteiger partial charge on any atom is 0.317 e. The Balaban J connectivity index is 1.63. The smallest absolute Gasteiger partial charge is 0.317 e. The van der Waals surface area contributed by atoms with E-state index in [1.807, 2.05) is 17.5 Å². The fourth-order valence-corrected chi connectivity index (χ4v) is 5.19. The number of urea groups is 1. The molecule has 0 spiro atoms. The molecule has 5 nitrogen and oxygen atoms in total. The van der Waals surface area contributed by atoms with Crippen molar-refractivity contribution in [3.8, 4) is 0 Å². The lowest BCUT2D eigenvalue weighted by Crippen LogP contribution is -2.45. The highest BCUT2D eigenvalue weighted by molar-refractivity contribution is 7.91. The minimum Gasteiger partial charge on any atom is -0.333 e. The van der Waals surface area contributed by atoms with Crippen LogP contribution in [0.2, 0.25) is 0 Å². The molecule has 1 N–H and O–H groups in total. The van der Waals surface area contributed by atoms with Crippen LogP contribution >= 0.6 is 11.3 Å². The summed E-state index contributed by atoms with van der Waals surface area (Å²) in [6.45, 7) is 1.08. The van der Waals surface area contributed by atoms with Gasteiger partial charge in [-0.25, -0.2) is 13.2 Å². The second-order valence-electron chi connectivity index (χ2n) is 5.82. The van der Waals surface area contributed by atoms with E-state index in [0.29, 0.717) is 18.0 Å². The second kappa shape index (κ2) is 7.36. The number of nitrogens with one attached hydrogen (secondary N) is 1. The van der Waals surface area contributed by atoms with Gasteiger partial charge in [0.1, 0.15) is 0 Å². The molecular formula is C17H20N2O3S2. The molecule has 1 atom stereocenters. The number of likely N-dealkylation sites (tertiary alicyclic amines) is 1. The number of hydrogen-bond acceptors (Lipinski definition) is 4. The van der Waals surface area contributed by atoms with Gasteiger partial charge in [-0.15, -0.1) is 11.3 Å². The predicted octanol–water partition coefficient (Wildman–Crippen LogP) is 2.90. The van der Waals surface area contributed by atoms with Gasteiger partial charge in [0.15, 0.2) is 9.84 Å². The van der Waals surface area contributed by atoms with Crippen LogP contribution in [0.4, 0.5) is 4.79 Å². The molecule has 2 aromatic rings. The van der Waals surface area contributed by atoms with Crippen molar-refractivity contribution in [2.75, 3.05) is 12.3 Å². The Labute approximate surface area is 146 Å². The zero-order valence-corrected chi connectivity index (χ0v) is 14.9. The molecule has 1 aliphatic rings. The highest BCUT2D eigenvalue weighted by Crippen LogP contribution is 2.22. The Morgan fingerprint density at radius 3 is 2.71 bits per heavy atom. The summed E-state index contributed by atoms with van der Waals surface area (Å²) in [6.07, 6.45) is 1.56. The predicted molar refractivity (Wildman–Crippen MR) is 94.8 cm³/mol. The Bertz CT molecular complexity index is 773. The van der Waals surface area contributed by atoms with Gasteiger partial charge in [-0.1, -0.05) is 24.3 Å². The van der Waals surface area contributed by atoms with Gasteiger partial charge in [0, 0.05) is 17.5 Å². The van der Waals surface area contributed by atoms with E-state index in [0.717, 1.165) is 17.7 Å². The number of sulfone groups is 1. The van der Waals surface area contributed by atoms with Crippen molar-refractivity contribution in [2.45, 2.75) is 30.3 Å². The lowest BCUT2D eigenvalue weighted by Gasteiger charge is -2.24. The van der Waals surface area contributed by atoms with Crippen molar-refractivity contribution < 1.29 is 13.2 Å². The van der Waals surface area contributed by atoms with Crippen molar-refractivity contribution in [3.63, 3.8) is 0 Å². The van der Waals surface area contributed by atoms with Gasteiger partial charge >= 0.3 is 6.03 Å². The first-order valence-electron chi connectivity index (χ1n) is 7.91. The van der Waals surface area contributed by atoms with Crippen molar-refractivity contribution in [1.82, 2.24) is 10.2 Å². The maximum atomic E-state index is 12.5. The van der Waals surface area contributed by atoms with E-state index in [1.165, 1.54) is 0 Å². The van der Waals surface area contributed by atoms with E-state index >= 15 is 0 Å². The van der Waals surface area contributed by atoms with Gasteiger partial charge in [-0.3, -0.25) is 0 Å². The molecule has 24 heavy (non-hydrogen) atoms. The summed E-state index contributed by atoms with van der Waals surface area (Å²) in [4.78, 5) is 15.5. The van der Waals surface area contributed by atoms with Crippen LogP contribution in [0.15, 0.2) is 52.7 Å². The van der Waals surface area contributed by atoms with Gasteiger partial charge in [-0.05, 0) is 36.4 Å². The maximum absolute atomic E-state index is 12.5. The van der Waals surface area contributed by atoms with E-state index in [4.69, 9.17) is 0 Å². The first-order chi connectivity index (χ1) is 11.6. The van der Waals surface area contributed by atoms with Crippen LogP contribution in [0.5, 0.6) is 0 Å². The number of hydrogen-bond donors (Lipinski definition) is 1. The summed E-state index contributed by atoms with van der Waals surface area (Å²) in [5.74, 6) is -0.0244. The highest BCUT2D eigenvalue weighted by Gasteiger charge is 2.32. The highest BCUT2D eigenvalue weighted by atomic mass is 32.2. The van der Waals surface area contributed by atoms with Gasteiger partial charge in [0.05, 0.1) is 17.2 Å². The quantitative estimate of drug-likeness (QED) is 0.887. The summed E-state index contributed by atoms with van der Waals surface area (Å²) >= 11 is 1.59. The van der Waals surface area contributed by atoms with Crippen LogP contribution in [-0.2, 0) is 16.4 Å². The molecule has 1 saturated heterocycles. The number of carbonyl (C=O) groups is 1. The number of thiophene rings is 1. The van der Waals surface area contributed by atoms with Gasteiger partial charge in [0.25, 0.3) is 0 Å². The fourth-order valence-electron chi connectivity index (χ4n) is 2.93. The average Bonchev–Trinajstić information content (AvgIpc) is 3.25. The molecule has 0 radical (unpaired) electrons. The van der Waals surface area contributed by atoms with Gasteiger partial charge < -0.3 is 10.2 Å². The lowest BCUT2D eigenvalue weighted by atomic mass is 10.2. The molecule has 7 heteroatoms. The van der Waals surface area contributed by atoms with Crippen molar-refractivity contribution in [1.29, 1.82) is 0 Å². The number of rotatable bonds is 5.